The fourth-order valence-electron chi connectivity index (χ4n) is 3.80. The van der Waals surface area contributed by atoms with Crippen LogP contribution < -0.4 is 10.6 Å². The van der Waals surface area contributed by atoms with Crippen LogP contribution in [-0.2, 0) is 33.2 Å². The van der Waals surface area contributed by atoms with Gasteiger partial charge < -0.3 is 20.5 Å². The number of ether oxygens (including phenoxy) is 1. The third kappa shape index (κ3) is 7.79. The lowest BCUT2D eigenvalue weighted by molar-refractivity contribution is -0.142. The predicted molar refractivity (Wildman–Crippen MR) is 138 cm³/mol. The lowest BCUT2D eigenvalue weighted by Gasteiger charge is -2.28. The number of carbonyl (C=O) groups excluding carboxylic acids is 2. The number of rotatable bonds is 8. The number of esters is 1. The molecule has 3 N–H and O–H groups in total. The van der Waals surface area contributed by atoms with Crippen molar-refractivity contribution < 1.29 is 19.4 Å². The van der Waals surface area contributed by atoms with Crippen molar-refractivity contribution in [1.29, 1.82) is 0 Å². The molecule has 0 saturated carbocycles. The minimum absolute atomic E-state index is 0.135. The molecule has 0 bridgehead atoms. The van der Waals surface area contributed by atoms with E-state index < -0.39 is 0 Å². The third-order valence-corrected chi connectivity index (χ3v) is 5.65. The summed E-state index contributed by atoms with van der Waals surface area (Å²) in [4.78, 5) is 23.8. The largest absolute Gasteiger partial charge is 0.507 e. The van der Waals surface area contributed by atoms with Gasteiger partial charge in [-0.2, -0.15) is 0 Å². The number of anilines is 1. The van der Waals surface area contributed by atoms with Gasteiger partial charge in [-0.05, 0) is 58.9 Å². The second-order valence-electron chi connectivity index (χ2n) is 10.6. The number of nitrogens with one attached hydrogen (secondary N) is 2. The van der Waals surface area contributed by atoms with Gasteiger partial charge in [-0.1, -0.05) is 71.9 Å². The van der Waals surface area contributed by atoms with Crippen molar-refractivity contribution in [1.82, 2.24) is 5.32 Å². The summed E-state index contributed by atoms with van der Waals surface area (Å²) >= 11 is 0. The Bertz CT molecular complexity index is 965. The van der Waals surface area contributed by atoms with Gasteiger partial charge in [-0.25, -0.2) is 4.79 Å². The highest BCUT2D eigenvalue weighted by Crippen LogP contribution is 2.40. The van der Waals surface area contributed by atoms with Gasteiger partial charge in [0.2, 0.25) is 0 Å². The minimum Gasteiger partial charge on any atom is -0.507 e. The smallest absolute Gasteiger partial charge is 0.319 e. The molecule has 6 heteroatoms. The Morgan fingerprint density at radius 3 is 2.09 bits per heavy atom. The first-order valence-electron chi connectivity index (χ1n) is 12.0. The highest BCUT2D eigenvalue weighted by Gasteiger charge is 2.26. The number of para-hydroxylation sites is 1. The predicted octanol–water partition coefficient (Wildman–Crippen LogP) is 5.85. The van der Waals surface area contributed by atoms with E-state index in [1.165, 1.54) is 0 Å². The molecular formula is C28H40N2O4. The van der Waals surface area contributed by atoms with Gasteiger partial charge in [0, 0.05) is 12.2 Å². The van der Waals surface area contributed by atoms with Gasteiger partial charge in [0.1, 0.15) is 5.75 Å². The van der Waals surface area contributed by atoms with Gasteiger partial charge in [0.05, 0.1) is 13.0 Å². The lowest BCUT2D eigenvalue weighted by Crippen LogP contribution is -2.31. The van der Waals surface area contributed by atoms with Crippen LogP contribution in [-0.4, -0.2) is 30.3 Å². The first-order chi connectivity index (χ1) is 15.8. The first-order valence-corrected chi connectivity index (χ1v) is 12.0. The van der Waals surface area contributed by atoms with Crippen LogP contribution in [0.1, 0.15) is 77.1 Å². The van der Waals surface area contributed by atoms with Gasteiger partial charge >= 0.3 is 12.0 Å². The standard InChI is InChI=1S/C28H40N2O4/c1-8-34-24(31)15-16-29-26(33)30-23-12-10-9-11-20(23)14-13-19-17-21(27(2,3)4)25(32)22(18-19)28(5,6)7/h9-12,17-18,32H,8,13-16H2,1-7H3,(H2,29,30,33). The Labute approximate surface area is 204 Å². The van der Waals surface area contributed by atoms with E-state index in [2.05, 4.69) is 64.3 Å². The summed E-state index contributed by atoms with van der Waals surface area (Å²) < 4.78 is 4.87. The molecule has 0 unspecified atom stereocenters. The summed E-state index contributed by atoms with van der Waals surface area (Å²) in [5.41, 5.74) is 4.45. The van der Waals surface area contributed by atoms with Crippen molar-refractivity contribution in [3.8, 4) is 5.75 Å². The van der Waals surface area contributed by atoms with E-state index in [1.807, 2.05) is 24.3 Å². The third-order valence-electron chi connectivity index (χ3n) is 5.65. The van der Waals surface area contributed by atoms with Crippen LogP contribution in [0.15, 0.2) is 36.4 Å². The van der Waals surface area contributed by atoms with E-state index in [1.54, 1.807) is 6.92 Å². The maximum absolute atomic E-state index is 12.3. The highest BCUT2D eigenvalue weighted by atomic mass is 16.5. The van der Waals surface area contributed by atoms with Crippen molar-refractivity contribution in [2.45, 2.75) is 78.6 Å². The molecule has 2 aromatic rings. The molecule has 0 fully saturated rings. The Morgan fingerprint density at radius 1 is 0.941 bits per heavy atom. The monoisotopic (exact) mass is 468 g/mol. The Kier molecular flexibility index (Phi) is 9.14. The molecule has 2 aromatic carbocycles. The quantitative estimate of drug-likeness (QED) is 0.424. The van der Waals surface area contributed by atoms with Crippen LogP contribution in [0.3, 0.4) is 0 Å². The Hall–Kier alpha value is -3.02. The van der Waals surface area contributed by atoms with E-state index in [9.17, 15) is 14.7 Å². The molecule has 6 nitrogen and oxygen atoms in total. The van der Waals surface area contributed by atoms with Crippen LogP contribution in [0, 0.1) is 0 Å². The summed E-state index contributed by atoms with van der Waals surface area (Å²) in [6.45, 7) is 14.9. The maximum atomic E-state index is 12.3. The fraction of sp³-hybridized carbons (Fsp3) is 0.500. The number of carbonyl (C=O) groups is 2. The number of amides is 2. The zero-order valence-electron chi connectivity index (χ0n) is 21.7. The number of aromatic hydroxyl groups is 1. The fourth-order valence-corrected chi connectivity index (χ4v) is 3.80. The lowest BCUT2D eigenvalue weighted by atomic mass is 9.78. The molecule has 2 amide bonds. The van der Waals surface area contributed by atoms with Crippen molar-refractivity contribution in [2.75, 3.05) is 18.5 Å². The molecule has 0 radical (unpaired) electrons. The van der Waals surface area contributed by atoms with Crippen LogP contribution in [0.5, 0.6) is 5.75 Å². The zero-order valence-corrected chi connectivity index (χ0v) is 21.7. The van der Waals surface area contributed by atoms with Crippen molar-refractivity contribution in [2.24, 2.45) is 0 Å². The zero-order chi connectivity index (χ0) is 25.5. The van der Waals surface area contributed by atoms with E-state index in [0.29, 0.717) is 12.4 Å². The highest BCUT2D eigenvalue weighted by molar-refractivity contribution is 5.90. The van der Waals surface area contributed by atoms with Crippen LogP contribution in [0.25, 0.3) is 0 Å². The molecule has 0 atom stereocenters. The molecule has 0 aromatic heterocycles. The second-order valence-corrected chi connectivity index (χ2v) is 10.6. The van der Waals surface area contributed by atoms with Crippen molar-refractivity contribution >= 4 is 17.7 Å². The molecule has 0 aliphatic rings. The molecule has 0 aliphatic carbocycles. The number of benzene rings is 2. The topological polar surface area (TPSA) is 87.7 Å². The number of aryl methyl sites for hydroxylation is 2. The number of urea groups is 1. The summed E-state index contributed by atoms with van der Waals surface area (Å²) in [6.07, 6.45) is 1.64. The summed E-state index contributed by atoms with van der Waals surface area (Å²) in [7, 11) is 0. The number of phenols is 1. The number of phenolic OH excluding ortho intramolecular Hbond substituents is 1. The normalized spacial score (nSPS) is 11.7. The maximum Gasteiger partial charge on any atom is 0.319 e. The number of hydrogen-bond donors (Lipinski definition) is 3. The SMILES string of the molecule is CCOC(=O)CCNC(=O)Nc1ccccc1CCc1cc(C(C)(C)C)c(O)c(C(C)(C)C)c1. The molecule has 186 valence electrons. The van der Waals surface area contributed by atoms with E-state index in [4.69, 9.17) is 4.74 Å². The Morgan fingerprint density at radius 2 is 1.53 bits per heavy atom. The second kappa shape index (κ2) is 11.4. The summed E-state index contributed by atoms with van der Waals surface area (Å²) in [6, 6.07) is 11.6. The molecule has 2 rings (SSSR count). The minimum atomic E-state index is -0.355. The average Bonchev–Trinajstić information content (AvgIpc) is 2.72. The van der Waals surface area contributed by atoms with Gasteiger partial charge in [-0.3, -0.25) is 4.79 Å². The molecule has 0 heterocycles. The van der Waals surface area contributed by atoms with Gasteiger partial charge in [0.25, 0.3) is 0 Å². The van der Waals surface area contributed by atoms with E-state index in [0.717, 1.165) is 40.8 Å². The molecule has 0 saturated heterocycles. The summed E-state index contributed by atoms with van der Waals surface area (Å²) in [5, 5.41) is 16.6. The van der Waals surface area contributed by atoms with Gasteiger partial charge in [0.15, 0.2) is 0 Å². The van der Waals surface area contributed by atoms with Gasteiger partial charge in [-0.15, -0.1) is 0 Å². The van der Waals surface area contributed by atoms with Crippen molar-refractivity contribution in [3.05, 3.63) is 58.7 Å². The van der Waals surface area contributed by atoms with Crippen LogP contribution >= 0.6 is 0 Å². The molecule has 34 heavy (non-hydrogen) atoms. The number of hydrogen-bond acceptors (Lipinski definition) is 4. The van der Waals surface area contributed by atoms with E-state index >= 15 is 0 Å². The molecule has 0 spiro atoms. The first kappa shape index (κ1) is 27.2. The van der Waals surface area contributed by atoms with Crippen LogP contribution in [0.2, 0.25) is 0 Å². The van der Waals surface area contributed by atoms with E-state index in [-0.39, 0.29) is 35.8 Å². The molecular weight excluding hydrogens is 428 g/mol. The average molecular weight is 469 g/mol. The summed E-state index contributed by atoms with van der Waals surface area (Å²) in [5.74, 6) is 0.0478. The molecule has 0 aliphatic heterocycles. The van der Waals surface area contributed by atoms with Crippen LogP contribution in [0.4, 0.5) is 10.5 Å². The van der Waals surface area contributed by atoms with Crippen molar-refractivity contribution in [3.63, 3.8) is 0 Å². The Balaban J connectivity index is 2.15.